The molecular formula is C16H16FN3. The fraction of sp³-hybridized carbons (Fsp3) is 0.188. The Morgan fingerprint density at radius 3 is 2.65 bits per heavy atom. The number of aromatic nitrogens is 2. The van der Waals surface area contributed by atoms with Crippen molar-refractivity contribution >= 4 is 5.65 Å². The molecule has 0 saturated carbocycles. The molecule has 0 bridgehead atoms. The van der Waals surface area contributed by atoms with Gasteiger partial charge in [-0.1, -0.05) is 18.2 Å². The van der Waals surface area contributed by atoms with E-state index in [-0.39, 0.29) is 5.82 Å². The average Bonchev–Trinajstić information content (AvgIpc) is 2.80. The van der Waals surface area contributed by atoms with Crippen molar-refractivity contribution in [3.8, 4) is 0 Å². The third kappa shape index (κ3) is 2.42. The molecular weight excluding hydrogens is 253 g/mol. The highest BCUT2D eigenvalue weighted by Crippen LogP contribution is 2.17. The molecule has 0 fully saturated rings. The Morgan fingerprint density at radius 2 is 1.90 bits per heavy atom. The Morgan fingerprint density at radius 1 is 1.10 bits per heavy atom. The Balaban J connectivity index is 2.01. The number of hydrogen-bond acceptors (Lipinski definition) is 2. The molecule has 0 saturated heterocycles. The molecule has 2 N–H and O–H groups in total. The summed E-state index contributed by atoms with van der Waals surface area (Å²) in [5, 5.41) is 0. The van der Waals surface area contributed by atoms with Crippen molar-refractivity contribution in [1.82, 2.24) is 9.38 Å². The summed E-state index contributed by atoms with van der Waals surface area (Å²) in [4.78, 5) is 4.66. The van der Waals surface area contributed by atoms with E-state index in [2.05, 4.69) is 9.38 Å². The van der Waals surface area contributed by atoms with Crippen LogP contribution in [0.5, 0.6) is 0 Å². The molecule has 2 heterocycles. The quantitative estimate of drug-likeness (QED) is 0.791. The van der Waals surface area contributed by atoms with Crippen LogP contribution in [0.4, 0.5) is 4.39 Å². The van der Waals surface area contributed by atoms with Gasteiger partial charge in [-0.3, -0.25) is 0 Å². The number of rotatable bonds is 4. The van der Waals surface area contributed by atoms with Crippen LogP contribution in [0, 0.1) is 5.82 Å². The first-order valence-corrected chi connectivity index (χ1v) is 6.67. The molecule has 4 heteroatoms. The first-order chi connectivity index (χ1) is 9.78. The third-order valence-electron chi connectivity index (χ3n) is 3.38. The van der Waals surface area contributed by atoms with E-state index >= 15 is 0 Å². The summed E-state index contributed by atoms with van der Waals surface area (Å²) in [6.45, 7) is 0.582. The minimum Gasteiger partial charge on any atom is -0.330 e. The second-order valence-electron chi connectivity index (χ2n) is 4.78. The zero-order valence-corrected chi connectivity index (χ0v) is 11.1. The molecule has 1 aromatic carbocycles. The van der Waals surface area contributed by atoms with Crippen LogP contribution in [0.1, 0.15) is 17.0 Å². The van der Waals surface area contributed by atoms with Crippen molar-refractivity contribution in [2.45, 2.75) is 12.8 Å². The zero-order valence-electron chi connectivity index (χ0n) is 11.1. The maximum absolute atomic E-state index is 13.0. The van der Waals surface area contributed by atoms with Crippen LogP contribution in [-0.4, -0.2) is 15.9 Å². The molecule has 20 heavy (non-hydrogen) atoms. The van der Waals surface area contributed by atoms with Gasteiger partial charge in [0.2, 0.25) is 0 Å². The predicted octanol–water partition coefficient (Wildman–Crippen LogP) is 2.57. The molecule has 0 unspecified atom stereocenters. The number of hydrogen-bond donors (Lipinski definition) is 1. The van der Waals surface area contributed by atoms with E-state index in [0.29, 0.717) is 13.0 Å². The van der Waals surface area contributed by atoms with Gasteiger partial charge in [-0.25, -0.2) is 9.37 Å². The number of fused-ring (bicyclic) bond motifs is 1. The van der Waals surface area contributed by atoms with Crippen LogP contribution < -0.4 is 5.73 Å². The summed E-state index contributed by atoms with van der Waals surface area (Å²) in [5.41, 5.74) is 9.81. The van der Waals surface area contributed by atoms with Crippen molar-refractivity contribution < 1.29 is 4.39 Å². The van der Waals surface area contributed by atoms with Crippen LogP contribution in [0.15, 0.2) is 48.7 Å². The lowest BCUT2D eigenvalue weighted by Crippen LogP contribution is -2.07. The van der Waals surface area contributed by atoms with Crippen molar-refractivity contribution in [3.63, 3.8) is 0 Å². The summed E-state index contributed by atoms with van der Waals surface area (Å²) in [5.74, 6) is -0.217. The minimum absolute atomic E-state index is 0.217. The Kier molecular flexibility index (Phi) is 3.48. The average molecular weight is 269 g/mol. The van der Waals surface area contributed by atoms with Gasteiger partial charge in [-0.15, -0.1) is 0 Å². The standard InChI is InChI=1S/C16H16FN3/c17-13-6-4-12(5-7-13)11-14-15(8-9-18)20-10-2-1-3-16(20)19-14/h1-7,10H,8-9,11,18H2. The SMILES string of the molecule is NCCc1c(Cc2ccc(F)cc2)nc2ccccn12. The number of imidazole rings is 1. The van der Waals surface area contributed by atoms with Crippen LogP contribution in [-0.2, 0) is 12.8 Å². The minimum atomic E-state index is -0.217. The third-order valence-corrected chi connectivity index (χ3v) is 3.38. The Hall–Kier alpha value is -2.20. The second kappa shape index (κ2) is 5.43. The highest BCUT2D eigenvalue weighted by Gasteiger charge is 2.11. The maximum atomic E-state index is 13.0. The summed E-state index contributed by atoms with van der Waals surface area (Å²) < 4.78 is 15.0. The second-order valence-corrected chi connectivity index (χ2v) is 4.78. The number of halogens is 1. The van der Waals surface area contributed by atoms with Gasteiger partial charge >= 0.3 is 0 Å². The van der Waals surface area contributed by atoms with Crippen molar-refractivity contribution in [3.05, 3.63) is 71.4 Å². The van der Waals surface area contributed by atoms with Gasteiger partial charge in [0.15, 0.2) is 0 Å². The van der Waals surface area contributed by atoms with E-state index in [9.17, 15) is 4.39 Å². The van der Waals surface area contributed by atoms with Crippen molar-refractivity contribution in [2.75, 3.05) is 6.54 Å². The molecule has 102 valence electrons. The Labute approximate surface area is 116 Å². The molecule has 0 atom stereocenters. The first-order valence-electron chi connectivity index (χ1n) is 6.67. The van der Waals surface area contributed by atoms with Gasteiger partial charge in [0.1, 0.15) is 11.5 Å². The van der Waals surface area contributed by atoms with Crippen LogP contribution in [0.25, 0.3) is 5.65 Å². The predicted molar refractivity (Wildman–Crippen MR) is 77.2 cm³/mol. The van der Waals surface area contributed by atoms with Crippen molar-refractivity contribution in [1.29, 1.82) is 0 Å². The molecule has 0 radical (unpaired) electrons. The number of nitrogens with two attached hydrogens (primary N) is 1. The van der Waals surface area contributed by atoms with E-state index < -0.39 is 0 Å². The molecule has 3 rings (SSSR count). The summed E-state index contributed by atoms with van der Waals surface area (Å²) >= 11 is 0. The fourth-order valence-electron chi connectivity index (χ4n) is 2.43. The highest BCUT2D eigenvalue weighted by atomic mass is 19.1. The van der Waals surface area contributed by atoms with Crippen LogP contribution in [0.3, 0.4) is 0 Å². The van der Waals surface area contributed by atoms with Gasteiger partial charge in [-0.2, -0.15) is 0 Å². The van der Waals surface area contributed by atoms with Gasteiger partial charge < -0.3 is 10.1 Å². The van der Waals surface area contributed by atoms with E-state index in [1.54, 1.807) is 12.1 Å². The van der Waals surface area contributed by atoms with Gasteiger partial charge in [0.05, 0.1) is 5.69 Å². The smallest absolute Gasteiger partial charge is 0.137 e. The van der Waals surface area contributed by atoms with E-state index in [4.69, 9.17) is 5.73 Å². The number of benzene rings is 1. The highest BCUT2D eigenvalue weighted by molar-refractivity contribution is 5.44. The van der Waals surface area contributed by atoms with Gasteiger partial charge in [-0.05, 0) is 36.4 Å². The lowest BCUT2D eigenvalue weighted by atomic mass is 10.1. The largest absolute Gasteiger partial charge is 0.330 e. The molecule has 3 nitrogen and oxygen atoms in total. The van der Waals surface area contributed by atoms with Gasteiger partial charge in [0.25, 0.3) is 0 Å². The summed E-state index contributed by atoms with van der Waals surface area (Å²) in [6.07, 6.45) is 3.47. The normalized spacial score (nSPS) is 11.1. The van der Waals surface area contributed by atoms with Crippen LogP contribution in [0.2, 0.25) is 0 Å². The Bertz CT molecular complexity index is 716. The molecule has 2 aromatic heterocycles. The lowest BCUT2D eigenvalue weighted by molar-refractivity contribution is 0.627. The molecule has 0 spiro atoms. The molecule has 0 aliphatic rings. The molecule has 0 amide bonds. The molecule has 0 aliphatic heterocycles. The van der Waals surface area contributed by atoms with Crippen LogP contribution >= 0.6 is 0 Å². The topological polar surface area (TPSA) is 43.3 Å². The summed E-state index contributed by atoms with van der Waals surface area (Å²) in [7, 11) is 0. The first kappa shape index (κ1) is 12.8. The van der Waals surface area contributed by atoms with Gasteiger partial charge in [0, 0.05) is 24.7 Å². The van der Waals surface area contributed by atoms with Crippen molar-refractivity contribution in [2.24, 2.45) is 5.73 Å². The fourth-order valence-corrected chi connectivity index (χ4v) is 2.43. The van der Waals surface area contributed by atoms with E-state index in [1.165, 1.54) is 12.1 Å². The zero-order chi connectivity index (χ0) is 13.9. The molecule has 0 aliphatic carbocycles. The maximum Gasteiger partial charge on any atom is 0.137 e. The number of nitrogens with zero attached hydrogens (tertiary/aromatic N) is 2. The van der Waals surface area contributed by atoms with E-state index in [0.717, 1.165) is 29.0 Å². The van der Waals surface area contributed by atoms with E-state index in [1.807, 2.05) is 24.4 Å². The molecule has 3 aromatic rings. The lowest BCUT2D eigenvalue weighted by Gasteiger charge is -2.04. The monoisotopic (exact) mass is 269 g/mol. The summed E-state index contributed by atoms with van der Waals surface area (Å²) in [6, 6.07) is 12.5. The number of pyridine rings is 1.